The van der Waals surface area contributed by atoms with Gasteiger partial charge < -0.3 is 4.81 Å². The molecule has 5 aromatic rings. The van der Waals surface area contributed by atoms with E-state index in [4.69, 9.17) is 0 Å². The largest absolute Gasteiger partial charge is 0.374 e. The third kappa shape index (κ3) is 4.33. The summed E-state index contributed by atoms with van der Waals surface area (Å²) in [5.41, 5.74) is 16.3. The number of nitrogens with zero attached hydrogens (tertiary/aromatic N) is 3. The summed E-state index contributed by atoms with van der Waals surface area (Å²) in [5.74, 6) is 0. The van der Waals surface area contributed by atoms with Gasteiger partial charge in [-0.2, -0.15) is 10.5 Å². The molecule has 4 heteroatoms. The minimum atomic E-state index is -0.416. The molecule has 0 N–H and O–H groups in total. The molecule has 0 saturated carbocycles. The zero-order chi connectivity index (χ0) is 34.1. The Labute approximate surface area is 292 Å². The Morgan fingerprint density at radius 1 is 0.612 bits per heavy atom. The third-order valence-corrected chi connectivity index (χ3v) is 11.7. The first-order valence-electron chi connectivity index (χ1n) is 18.1. The van der Waals surface area contributed by atoms with E-state index in [1.807, 2.05) is 0 Å². The highest BCUT2D eigenvalue weighted by Crippen LogP contribution is 2.56. The number of nitriles is 2. The highest BCUT2D eigenvalue weighted by molar-refractivity contribution is 6.90. The Morgan fingerprint density at radius 2 is 1.14 bits per heavy atom. The van der Waals surface area contributed by atoms with Gasteiger partial charge >= 0.3 is 6.85 Å². The van der Waals surface area contributed by atoms with E-state index in [1.54, 1.807) is 0 Å². The number of unbranched alkanes of at least 4 members (excludes halogenated alkanes) is 2. The van der Waals surface area contributed by atoms with Crippen molar-refractivity contribution in [3.05, 3.63) is 141 Å². The first-order chi connectivity index (χ1) is 23.8. The topological polar surface area (TPSA) is 50.8 Å². The summed E-state index contributed by atoms with van der Waals surface area (Å²) < 4.78 is 0. The number of rotatable bonds is 7. The van der Waals surface area contributed by atoms with Gasteiger partial charge in [-0.1, -0.05) is 119 Å². The molecule has 3 nitrogen and oxygen atoms in total. The molecule has 2 heterocycles. The fourth-order valence-electron chi connectivity index (χ4n) is 9.38. The SMILES string of the molecule is CCCCc1cc(C#N)c2c(c1)C(C)(C)c1cc(CCCC)cc(C#N)c1N2B1c2ccccc2C2(C)c3ccccc3-c3cccc1c32. The van der Waals surface area contributed by atoms with Gasteiger partial charge in [0.05, 0.1) is 22.5 Å². The number of hydrogen-bond acceptors (Lipinski definition) is 3. The van der Waals surface area contributed by atoms with E-state index in [1.165, 1.54) is 61.0 Å². The Balaban J connectivity index is 1.50. The van der Waals surface area contributed by atoms with E-state index >= 15 is 0 Å². The van der Waals surface area contributed by atoms with Crippen molar-refractivity contribution in [3.8, 4) is 23.3 Å². The maximum Gasteiger partial charge on any atom is 0.328 e. The Kier molecular flexibility index (Phi) is 7.35. The molecule has 0 radical (unpaired) electrons. The number of fused-ring (bicyclic) bond motifs is 7. The minimum Gasteiger partial charge on any atom is -0.374 e. The van der Waals surface area contributed by atoms with Crippen molar-refractivity contribution in [1.29, 1.82) is 10.5 Å². The van der Waals surface area contributed by atoms with Crippen LogP contribution in [0.1, 0.15) is 110 Å². The molecule has 5 aromatic carbocycles. The normalized spacial score (nSPS) is 17.3. The highest BCUT2D eigenvalue weighted by Gasteiger charge is 2.53. The van der Waals surface area contributed by atoms with Crippen molar-refractivity contribution in [2.24, 2.45) is 0 Å². The average Bonchev–Trinajstić information content (AvgIpc) is 3.40. The van der Waals surface area contributed by atoms with Crippen LogP contribution >= 0.6 is 0 Å². The lowest BCUT2D eigenvalue weighted by atomic mass is 9.39. The first kappa shape index (κ1) is 31.2. The molecule has 0 bridgehead atoms. The van der Waals surface area contributed by atoms with Crippen LogP contribution in [0.2, 0.25) is 0 Å². The second-order valence-corrected chi connectivity index (χ2v) is 14.9. The number of anilines is 2. The Hall–Kier alpha value is -5.06. The van der Waals surface area contributed by atoms with Gasteiger partial charge in [0.2, 0.25) is 0 Å². The van der Waals surface area contributed by atoms with Gasteiger partial charge in [-0.15, -0.1) is 0 Å². The van der Waals surface area contributed by atoms with E-state index in [9.17, 15) is 10.5 Å². The minimum absolute atomic E-state index is 0.232. The smallest absolute Gasteiger partial charge is 0.328 e. The quantitative estimate of drug-likeness (QED) is 0.168. The number of aryl methyl sites for hydroxylation is 2. The van der Waals surface area contributed by atoms with Gasteiger partial charge in [-0.3, -0.25) is 0 Å². The molecular weight excluding hydrogens is 593 g/mol. The molecule has 49 heavy (non-hydrogen) atoms. The summed E-state index contributed by atoms with van der Waals surface area (Å²) in [5, 5.41) is 21.9. The fourth-order valence-corrected chi connectivity index (χ4v) is 9.38. The maximum atomic E-state index is 10.9. The lowest BCUT2D eigenvalue weighted by Crippen LogP contribution is -2.63. The molecule has 240 valence electrons. The molecule has 0 amide bonds. The summed E-state index contributed by atoms with van der Waals surface area (Å²) in [4.78, 5) is 2.41. The molecule has 8 rings (SSSR count). The molecule has 2 aliphatic heterocycles. The summed E-state index contributed by atoms with van der Waals surface area (Å²) in [7, 11) is 0. The van der Waals surface area contributed by atoms with Gasteiger partial charge in [-0.25, -0.2) is 0 Å². The predicted molar refractivity (Wildman–Crippen MR) is 203 cm³/mol. The molecule has 0 fully saturated rings. The molecule has 1 aliphatic carbocycles. The molecule has 1 unspecified atom stereocenters. The predicted octanol–water partition coefficient (Wildman–Crippen LogP) is 9.35. The summed E-state index contributed by atoms with van der Waals surface area (Å²) >= 11 is 0. The van der Waals surface area contributed by atoms with Crippen LogP contribution in [0.15, 0.2) is 91.0 Å². The molecule has 0 spiro atoms. The van der Waals surface area contributed by atoms with Crippen LogP contribution in [-0.2, 0) is 23.7 Å². The van der Waals surface area contributed by atoms with Gasteiger partial charge in [-0.05, 0) is 106 Å². The van der Waals surface area contributed by atoms with Crippen LogP contribution in [0.4, 0.5) is 11.4 Å². The Morgan fingerprint density at radius 3 is 1.73 bits per heavy atom. The molecule has 0 aromatic heterocycles. The standard InChI is InChI=1S/C45H42BN3/c1-6-8-15-29-23-31(27-47)42-37(25-29)44(3,4)38-26-30(16-9-7-2)24-32(28-48)43(38)49(42)46-39-21-13-12-20-36(39)45(5)35-19-11-10-17-33(35)34-18-14-22-40(46)41(34)45/h10-14,17-26H,6-9,15-16H2,1-5H3. The zero-order valence-electron chi connectivity index (χ0n) is 29.3. The van der Waals surface area contributed by atoms with Crippen molar-refractivity contribution >= 4 is 29.1 Å². The Bertz CT molecular complexity index is 2170. The van der Waals surface area contributed by atoms with E-state index in [-0.39, 0.29) is 12.3 Å². The van der Waals surface area contributed by atoms with Crippen LogP contribution in [0.25, 0.3) is 11.1 Å². The van der Waals surface area contributed by atoms with Crippen LogP contribution in [0.5, 0.6) is 0 Å². The number of benzene rings is 5. The monoisotopic (exact) mass is 635 g/mol. The first-order valence-corrected chi connectivity index (χ1v) is 18.1. The molecule has 1 atom stereocenters. The van der Waals surface area contributed by atoms with E-state index in [0.29, 0.717) is 11.1 Å². The van der Waals surface area contributed by atoms with Crippen LogP contribution < -0.4 is 15.7 Å². The van der Waals surface area contributed by atoms with Crippen molar-refractivity contribution in [2.75, 3.05) is 4.81 Å². The maximum absolute atomic E-state index is 10.9. The number of hydrogen-bond donors (Lipinski definition) is 0. The van der Waals surface area contributed by atoms with Crippen LogP contribution in [0, 0.1) is 22.7 Å². The van der Waals surface area contributed by atoms with Crippen molar-refractivity contribution in [2.45, 2.75) is 84.0 Å². The molecule has 3 aliphatic rings. The highest BCUT2D eigenvalue weighted by atomic mass is 15.1. The zero-order valence-corrected chi connectivity index (χ0v) is 29.3. The molecular formula is C45H42BN3. The second-order valence-electron chi connectivity index (χ2n) is 14.9. The third-order valence-electron chi connectivity index (χ3n) is 11.7. The van der Waals surface area contributed by atoms with Gasteiger partial charge in [0.25, 0.3) is 0 Å². The summed E-state index contributed by atoms with van der Waals surface area (Å²) in [6, 6.07) is 38.8. The van der Waals surface area contributed by atoms with Gasteiger partial charge in [0.1, 0.15) is 12.1 Å². The van der Waals surface area contributed by atoms with Crippen LogP contribution in [-0.4, -0.2) is 6.85 Å². The lowest BCUT2D eigenvalue weighted by molar-refractivity contribution is 0.628. The van der Waals surface area contributed by atoms with Crippen molar-refractivity contribution < 1.29 is 0 Å². The van der Waals surface area contributed by atoms with Gasteiger partial charge in [0.15, 0.2) is 0 Å². The van der Waals surface area contributed by atoms with Crippen molar-refractivity contribution in [3.63, 3.8) is 0 Å². The van der Waals surface area contributed by atoms with Gasteiger partial charge in [0, 0.05) is 10.8 Å². The fraction of sp³-hybridized carbons (Fsp3) is 0.289. The average molecular weight is 636 g/mol. The lowest BCUT2D eigenvalue weighted by Gasteiger charge is -2.49. The second kappa shape index (κ2) is 11.5. The van der Waals surface area contributed by atoms with Crippen LogP contribution in [0.3, 0.4) is 0 Å². The summed E-state index contributed by atoms with van der Waals surface area (Å²) in [6.45, 7) is 11.2. The summed E-state index contributed by atoms with van der Waals surface area (Å²) in [6.07, 6.45) is 6.24. The van der Waals surface area contributed by atoms with E-state index < -0.39 is 5.41 Å². The van der Waals surface area contributed by atoms with E-state index in [0.717, 1.165) is 49.9 Å². The van der Waals surface area contributed by atoms with E-state index in [2.05, 4.69) is 143 Å². The van der Waals surface area contributed by atoms with Crippen molar-refractivity contribution in [1.82, 2.24) is 0 Å². The molecule has 0 saturated heterocycles.